The summed E-state index contributed by atoms with van der Waals surface area (Å²) in [5.74, 6) is 1.55. The molecule has 0 aromatic carbocycles. The summed E-state index contributed by atoms with van der Waals surface area (Å²) in [5, 5.41) is 4.99. The zero-order valence-electron chi connectivity index (χ0n) is 11.9. The summed E-state index contributed by atoms with van der Waals surface area (Å²) in [6, 6.07) is 2.30. The van der Waals surface area contributed by atoms with Crippen LogP contribution in [0.25, 0.3) is 0 Å². The number of halogens is 1. The maximum Gasteiger partial charge on any atom is 0.218 e. The van der Waals surface area contributed by atoms with Gasteiger partial charge in [0.15, 0.2) is 0 Å². The molecule has 112 valence electrons. The number of hydrogen-bond donors (Lipinski definition) is 0. The lowest BCUT2D eigenvalue weighted by molar-refractivity contribution is 0.325. The van der Waals surface area contributed by atoms with Gasteiger partial charge in [0.05, 0.1) is 23.9 Å². The van der Waals surface area contributed by atoms with Crippen LogP contribution in [0.3, 0.4) is 0 Å². The van der Waals surface area contributed by atoms with Crippen LogP contribution in [0.15, 0.2) is 24.8 Å². The van der Waals surface area contributed by atoms with Gasteiger partial charge in [-0.25, -0.2) is 9.97 Å². The van der Waals surface area contributed by atoms with Crippen molar-refractivity contribution in [3.05, 3.63) is 29.8 Å². The summed E-state index contributed by atoms with van der Waals surface area (Å²) >= 11 is 5.93. The zero-order chi connectivity index (χ0) is 14.7. The fourth-order valence-electron chi connectivity index (χ4n) is 2.60. The van der Waals surface area contributed by atoms with Gasteiger partial charge < -0.3 is 9.64 Å². The fraction of sp³-hybridized carbons (Fsp3) is 0.500. The quantitative estimate of drug-likeness (QED) is 0.869. The molecule has 1 fully saturated rings. The highest BCUT2D eigenvalue weighted by molar-refractivity contribution is 6.30. The molecule has 2 aromatic heterocycles. The number of piperidine rings is 1. The van der Waals surface area contributed by atoms with E-state index in [-0.39, 0.29) is 0 Å². The summed E-state index contributed by atoms with van der Waals surface area (Å²) in [5.41, 5.74) is 0. The first-order valence-electron chi connectivity index (χ1n) is 7.15. The van der Waals surface area contributed by atoms with Crippen molar-refractivity contribution in [2.24, 2.45) is 0 Å². The predicted molar refractivity (Wildman–Crippen MR) is 80.9 cm³/mol. The molecule has 0 aliphatic carbocycles. The van der Waals surface area contributed by atoms with E-state index in [1.54, 1.807) is 12.5 Å². The molecule has 1 saturated heterocycles. The van der Waals surface area contributed by atoms with Gasteiger partial charge in [-0.15, -0.1) is 0 Å². The Morgan fingerprint density at radius 2 is 2.14 bits per heavy atom. The van der Waals surface area contributed by atoms with Gasteiger partial charge in [-0.3, -0.25) is 4.68 Å². The molecule has 0 radical (unpaired) electrons. The third-order valence-electron chi connectivity index (χ3n) is 3.65. The monoisotopic (exact) mass is 307 g/mol. The average Bonchev–Trinajstić information content (AvgIpc) is 2.95. The summed E-state index contributed by atoms with van der Waals surface area (Å²) < 4.78 is 7.39. The molecule has 0 saturated carbocycles. The van der Waals surface area contributed by atoms with Crippen LogP contribution in [0, 0.1) is 0 Å². The lowest BCUT2D eigenvalue weighted by Gasteiger charge is -2.32. The summed E-state index contributed by atoms with van der Waals surface area (Å²) in [7, 11) is 0. The van der Waals surface area contributed by atoms with Crippen molar-refractivity contribution in [2.75, 3.05) is 24.6 Å². The molecule has 1 aliphatic heterocycles. The van der Waals surface area contributed by atoms with E-state index in [9.17, 15) is 0 Å². The lowest BCUT2D eigenvalue weighted by atomic mass is 10.1. The Balaban J connectivity index is 1.64. The van der Waals surface area contributed by atoms with E-state index in [1.807, 2.05) is 23.9 Å². The topological polar surface area (TPSA) is 56.1 Å². The minimum absolute atomic E-state index is 0.405. The Bertz CT molecular complexity index is 595. The van der Waals surface area contributed by atoms with E-state index in [0.717, 1.165) is 31.7 Å². The molecule has 0 unspecified atom stereocenters. The van der Waals surface area contributed by atoms with Crippen molar-refractivity contribution in [2.45, 2.75) is 25.8 Å². The maximum atomic E-state index is 5.93. The maximum absolute atomic E-state index is 5.93. The second-order valence-corrected chi connectivity index (χ2v) is 5.44. The molecule has 0 N–H and O–H groups in total. The van der Waals surface area contributed by atoms with Crippen LogP contribution in [-0.2, 0) is 0 Å². The standard InChI is InChI=1S/C14H18ClN5O/c1-2-21-14-7-13(16-10-17-14)19-5-3-12(4-6-19)20-9-11(15)8-18-20/h7-10,12H,2-6H2,1H3. The largest absolute Gasteiger partial charge is 0.478 e. The van der Waals surface area contributed by atoms with Gasteiger partial charge in [-0.05, 0) is 19.8 Å². The first-order valence-corrected chi connectivity index (χ1v) is 7.53. The Morgan fingerprint density at radius 3 is 2.81 bits per heavy atom. The van der Waals surface area contributed by atoms with Crippen LogP contribution in [0.2, 0.25) is 5.02 Å². The third kappa shape index (κ3) is 3.26. The average molecular weight is 308 g/mol. The van der Waals surface area contributed by atoms with Gasteiger partial charge in [0.25, 0.3) is 0 Å². The van der Waals surface area contributed by atoms with E-state index < -0.39 is 0 Å². The van der Waals surface area contributed by atoms with Crippen molar-refractivity contribution in [1.29, 1.82) is 0 Å². The van der Waals surface area contributed by atoms with Crippen molar-refractivity contribution < 1.29 is 4.74 Å². The molecule has 0 atom stereocenters. The molecule has 0 amide bonds. The molecule has 3 rings (SSSR count). The molecular weight excluding hydrogens is 290 g/mol. The number of aromatic nitrogens is 4. The molecule has 1 aliphatic rings. The number of rotatable bonds is 4. The number of nitrogens with zero attached hydrogens (tertiary/aromatic N) is 5. The SMILES string of the molecule is CCOc1cc(N2CCC(n3cc(Cl)cn3)CC2)ncn1. The lowest BCUT2D eigenvalue weighted by Crippen LogP contribution is -2.35. The Labute approximate surface area is 128 Å². The van der Waals surface area contributed by atoms with E-state index in [1.165, 1.54) is 0 Å². The first kappa shape index (κ1) is 14.1. The van der Waals surface area contributed by atoms with E-state index in [2.05, 4.69) is 20.0 Å². The zero-order valence-corrected chi connectivity index (χ0v) is 12.7. The molecule has 7 heteroatoms. The van der Waals surface area contributed by atoms with Crippen molar-refractivity contribution in [3.63, 3.8) is 0 Å². The Hall–Kier alpha value is -1.82. The Kier molecular flexibility index (Phi) is 4.24. The van der Waals surface area contributed by atoms with Crippen molar-refractivity contribution in [1.82, 2.24) is 19.7 Å². The van der Waals surface area contributed by atoms with E-state index in [4.69, 9.17) is 16.3 Å². The molecule has 21 heavy (non-hydrogen) atoms. The molecule has 6 nitrogen and oxygen atoms in total. The van der Waals surface area contributed by atoms with Crippen molar-refractivity contribution >= 4 is 17.4 Å². The second kappa shape index (κ2) is 6.30. The van der Waals surface area contributed by atoms with E-state index in [0.29, 0.717) is 23.6 Å². The second-order valence-electron chi connectivity index (χ2n) is 5.00. The van der Waals surface area contributed by atoms with Gasteiger partial charge in [0, 0.05) is 25.4 Å². The normalized spacial score (nSPS) is 16.2. The van der Waals surface area contributed by atoms with Gasteiger partial charge in [0.2, 0.25) is 5.88 Å². The van der Waals surface area contributed by atoms with Gasteiger partial charge in [-0.1, -0.05) is 11.6 Å². The highest BCUT2D eigenvalue weighted by atomic mass is 35.5. The minimum Gasteiger partial charge on any atom is -0.478 e. The van der Waals surface area contributed by atoms with Crippen LogP contribution < -0.4 is 9.64 Å². The molecule has 3 heterocycles. The molecular formula is C14H18ClN5O. The minimum atomic E-state index is 0.405. The van der Waals surface area contributed by atoms with Crippen LogP contribution in [-0.4, -0.2) is 39.4 Å². The molecule has 0 bridgehead atoms. The van der Waals surface area contributed by atoms with Crippen molar-refractivity contribution in [3.8, 4) is 5.88 Å². The summed E-state index contributed by atoms with van der Waals surface area (Å²) in [4.78, 5) is 10.7. The third-order valence-corrected chi connectivity index (χ3v) is 3.85. The van der Waals surface area contributed by atoms with Crippen LogP contribution in [0.5, 0.6) is 5.88 Å². The smallest absolute Gasteiger partial charge is 0.218 e. The van der Waals surface area contributed by atoms with Gasteiger partial charge >= 0.3 is 0 Å². The Morgan fingerprint density at radius 1 is 1.33 bits per heavy atom. The summed E-state index contributed by atoms with van der Waals surface area (Å²) in [6.45, 7) is 4.43. The van der Waals surface area contributed by atoms with Crippen LogP contribution in [0.4, 0.5) is 5.82 Å². The highest BCUT2D eigenvalue weighted by Gasteiger charge is 2.22. The van der Waals surface area contributed by atoms with Gasteiger partial charge in [-0.2, -0.15) is 5.10 Å². The predicted octanol–water partition coefficient (Wildman–Crippen LogP) is 2.57. The van der Waals surface area contributed by atoms with Crippen LogP contribution >= 0.6 is 11.6 Å². The van der Waals surface area contributed by atoms with E-state index >= 15 is 0 Å². The molecule has 0 spiro atoms. The van der Waals surface area contributed by atoms with Gasteiger partial charge in [0.1, 0.15) is 12.1 Å². The number of hydrogen-bond acceptors (Lipinski definition) is 5. The number of ether oxygens (including phenoxy) is 1. The molecule has 2 aromatic rings. The highest BCUT2D eigenvalue weighted by Crippen LogP contribution is 2.26. The fourth-order valence-corrected chi connectivity index (χ4v) is 2.75. The van der Waals surface area contributed by atoms with Crippen LogP contribution in [0.1, 0.15) is 25.8 Å². The first-order chi connectivity index (χ1) is 10.3. The number of anilines is 1. The summed E-state index contributed by atoms with van der Waals surface area (Å²) in [6.07, 6.45) is 7.17.